The molecule has 3 heterocycles. The van der Waals surface area contributed by atoms with E-state index in [1.165, 1.54) is 10.8 Å². The van der Waals surface area contributed by atoms with E-state index in [1.54, 1.807) is 0 Å². The minimum absolute atomic E-state index is 0.551. The number of furan rings is 1. The van der Waals surface area contributed by atoms with Gasteiger partial charge in [-0.2, -0.15) is 9.97 Å². The van der Waals surface area contributed by atoms with Gasteiger partial charge in [0.05, 0.1) is 11.0 Å². The zero-order valence-corrected chi connectivity index (χ0v) is 30.0. The number of nitrogens with zero attached hydrogens (tertiary/aromatic N) is 4. The summed E-state index contributed by atoms with van der Waals surface area (Å²) in [5, 5.41) is 11.0. The molecule has 0 spiro atoms. The lowest BCUT2D eigenvalue weighted by atomic mass is 9.95. The second kappa shape index (κ2) is 11.9. The number of aromatic nitrogens is 4. The third kappa shape index (κ3) is 4.64. The molecule has 0 radical (unpaired) electrons. The van der Waals surface area contributed by atoms with E-state index in [0.717, 1.165) is 87.5 Å². The SMILES string of the molecule is c1ccc(-c2cc(-c3nc(-c4c5ccccc5cc5oc6ccccc6c45)nc(-n4c5ccccc5c5cc6ccccc6cc54)n3)cc3ccccc23)cc1. The number of para-hydroxylation sites is 2. The quantitative estimate of drug-likeness (QED) is 0.182. The number of hydrogen-bond acceptors (Lipinski definition) is 4. The number of hydrogen-bond donors (Lipinski definition) is 0. The summed E-state index contributed by atoms with van der Waals surface area (Å²) in [6.45, 7) is 0. The standard InChI is InChI=1S/C51H30N4O/c1-2-14-31(15-3-1)41-28-36(26-34-18-6-8-20-37(34)41)49-52-50(48-38-21-9-7-19-35(38)30-46-47(48)40-23-11-13-25-45(40)56-46)54-51(53-49)55-43-24-12-10-22-39(43)42-27-32-16-4-5-17-33(32)29-44(42)55/h1-30H. The molecular formula is C51H30N4O. The highest BCUT2D eigenvalue weighted by Crippen LogP contribution is 2.42. The maximum Gasteiger partial charge on any atom is 0.238 e. The van der Waals surface area contributed by atoms with Crippen molar-refractivity contribution in [2.75, 3.05) is 0 Å². The summed E-state index contributed by atoms with van der Waals surface area (Å²) in [6, 6.07) is 63.9. The largest absolute Gasteiger partial charge is 0.456 e. The smallest absolute Gasteiger partial charge is 0.238 e. The monoisotopic (exact) mass is 714 g/mol. The van der Waals surface area contributed by atoms with E-state index in [0.29, 0.717) is 17.6 Å². The van der Waals surface area contributed by atoms with Crippen LogP contribution in [0.1, 0.15) is 0 Å². The van der Waals surface area contributed by atoms with Gasteiger partial charge in [-0.1, -0.05) is 140 Å². The molecule has 0 bridgehead atoms. The predicted octanol–water partition coefficient (Wildman–Crippen LogP) is 13.3. The average molecular weight is 715 g/mol. The number of rotatable bonds is 4. The Kier molecular flexibility index (Phi) is 6.56. The first-order chi connectivity index (χ1) is 27.7. The molecule has 0 aliphatic heterocycles. The maximum absolute atomic E-state index is 6.53. The van der Waals surface area contributed by atoms with E-state index in [2.05, 4.69) is 174 Å². The van der Waals surface area contributed by atoms with Crippen molar-refractivity contribution in [3.05, 3.63) is 182 Å². The van der Waals surface area contributed by atoms with Gasteiger partial charge in [0.15, 0.2) is 11.6 Å². The van der Waals surface area contributed by atoms with E-state index in [-0.39, 0.29) is 0 Å². The normalized spacial score (nSPS) is 11.9. The van der Waals surface area contributed by atoms with E-state index >= 15 is 0 Å². The molecule has 0 fully saturated rings. The summed E-state index contributed by atoms with van der Waals surface area (Å²) >= 11 is 0. The summed E-state index contributed by atoms with van der Waals surface area (Å²) < 4.78 is 8.74. The Balaban J connectivity index is 1.24. The van der Waals surface area contributed by atoms with Gasteiger partial charge < -0.3 is 4.42 Å². The first-order valence-electron chi connectivity index (χ1n) is 18.9. The summed E-state index contributed by atoms with van der Waals surface area (Å²) in [5.41, 5.74) is 7.77. The van der Waals surface area contributed by atoms with Crippen LogP contribution in [-0.2, 0) is 0 Å². The Hall–Kier alpha value is -7.63. The van der Waals surface area contributed by atoms with Crippen molar-refractivity contribution in [3.63, 3.8) is 0 Å². The Morgan fingerprint density at radius 1 is 0.375 bits per heavy atom. The second-order valence-electron chi connectivity index (χ2n) is 14.4. The van der Waals surface area contributed by atoms with Gasteiger partial charge in [0.1, 0.15) is 11.2 Å². The summed E-state index contributed by atoms with van der Waals surface area (Å²) in [5.74, 6) is 1.72. The van der Waals surface area contributed by atoms with Gasteiger partial charge in [-0.05, 0) is 85.9 Å². The maximum atomic E-state index is 6.53. The molecule has 0 aliphatic rings. The van der Waals surface area contributed by atoms with Crippen LogP contribution >= 0.6 is 0 Å². The molecule has 0 amide bonds. The minimum Gasteiger partial charge on any atom is -0.456 e. The summed E-state index contributed by atoms with van der Waals surface area (Å²) in [4.78, 5) is 16.3. The average Bonchev–Trinajstić information content (AvgIpc) is 3.79. The van der Waals surface area contributed by atoms with Crippen molar-refractivity contribution in [3.8, 4) is 39.9 Å². The zero-order chi connectivity index (χ0) is 36.7. The fraction of sp³-hybridized carbons (Fsp3) is 0. The first-order valence-corrected chi connectivity index (χ1v) is 18.9. The zero-order valence-electron chi connectivity index (χ0n) is 30.0. The highest BCUT2D eigenvalue weighted by atomic mass is 16.3. The highest BCUT2D eigenvalue weighted by molar-refractivity contribution is 6.20. The summed E-state index contributed by atoms with van der Waals surface area (Å²) in [6.07, 6.45) is 0. The van der Waals surface area contributed by atoms with Crippen LogP contribution in [0.25, 0.3) is 116 Å². The molecule has 260 valence electrons. The van der Waals surface area contributed by atoms with Crippen LogP contribution in [0.5, 0.6) is 0 Å². The molecule has 0 N–H and O–H groups in total. The molecule has 0 saturated heterocycles. The molecule has 5 heteroatoms. The van der Waals surface area contributed by atoms with E-state index in [1.807, 2.05) is 12.1 Å². The fourth-order valence-corrected chi connectivity index (χ4v) is 8.66. The van der Waals surface area contributed by atoms with E-state index in [4.69, 9.17) is 19.4 Å². The van der Waals surface area contributed by atoms with Crippen molar-refractivity contribution >= 4 is 76.1 Å². The van der Waals surface area contributed by atoms with Crippen LogP contribution in [0.2, 0.25) is 0 Å². The number of fused-ring (bicyclic) bond motifs is 9. The topological polar surface area (TPSA) is 56.7 Å². The van der Waals surface area contributed by atoms with Crippen molar-refractivity contribution < 1.29 is 4.42 Å². The van der Waals surface area contributed by atoms with Crippen LogP contribution in [0.3, 0.4) is 0 Å². The molecule has 5 nitrogen and oxygen atoms in total. The predicted molar refractivity (Wildman–Crippen MR) is 230 cm³/mol. The van der Waals surface area contributed by atoms with Gasteiger partial charge in [-0.25, -0.2) is 4.98 Å². The molecule has 3 aromatic heterocycles. The Labute approximate surface area is 320 Å². The molecule has 12 rings (SSSR count). The number of benzene rings is 9. The van der Waals surface area contributed by atoms with Gasteiger partial charge in [-0.3, -0.25) is 4.57 Å². The lowest BCUT2D eigenvalue weighted by Crippen LogP contribution is -2.07. The van der Waals surface area contributed by atoms with Crippen molar-refractivity contribution in [2.45, 2.75) is 0 Å². The Morgan fingerprint density at radius 3 is 1.82 bits per heavy atom. The van der Waals surface area contributed by atoms with Crippen molar-refractivity contribution in [1.29, 1.82) is 0 Å². The Morgan fingerprint density at radius 2 is 1.00 bits per heavy atom. The van der Waals surface area contributed by atoms with Crippen LogP contribution in [0, 0.1) is 0 Å². The van der Waals surface area contributed by atoms with Gasteiger partial charge in [0.25, 0.3) is 0 Å². The molecule has 9 aromatic carbocycles. The van der Waals surface area contributed by atoms with Crippen LogP contribution in [0.4, 0.5) is 0 Å². The lowest BCUT2D eigenvalue weighted by Gasteiger charge is -2.15. The summed E-state index contributed by atoms with van der Waals surface area (Å²) in [7, 11) is 0. The minimum atomic E-state index is 0.551. The third-order valence-corrected chi connectivity index (χ3v) is 11.2. The first kappa shape index (κ1) is 30.8. The van der Waals surface area contributed by atoms with Crippen molar-refractivity contribution in [2.24, 2.45) is 0 Å². The molecule has 56 heavy (non-hydrogen) atoms. The fourth-order valence-electron chi connectivity index (χ4n) is 8.66. The van der Waals surface area contributed by atoms with Gasteiger partial charge >= 0.3 is 0 Å². The van der Waals surface area contributed by atoms with Crippen LogP contribution in [-0.4, -0.2) is 19.5 Å². The lowest BCUT2D eigenvalue weighted by molar-refractivity contribution is 0.669. The van der Waals surface area contributed by atoms with Gasteiger partial charge in [-0.15, -0.1) is 0 Å². The van der Waals surface area contributed by atoms with E-state index in [9.17, 15) is 0 Å². The van der Waals surface area contributed by atoms with Gasteiger partial charge in [0.2, 0.25) is 5.95 Å². The molecule has 0 saturated carbocycles. The molecule has 12 aromatic rings. The second-order valence-corrected chi connectivity index (χ2v) is 14.4. The highest BCUT2D eigenvalue weighted by Gasteiger charge is 2.23. The Bertz CT molecular complexity index is 3540. The van der Waals surface area contributed by atoms with Crippen molar-refractivity contribution in [1.82, 2.24) is 19.5 Å². The molecule has 0 unspecified atom stereocenters. The molecular weight excluding hydrogens is 685 g/mol. The molecule has 0 atom stereocenters. The van der Waals surface area contributed by atoms with Crippen LogP contribution < -0.4 is 0 Å². The van der Waals surface area contributed by atoms with E-state index < -0.39 is 0 Å². The third-order valence-electron chi connectivity index (χ3n) is 11.2. The van der Waals surface area contributed by atoms with Gasteiger partial charge in [0, 0.05) is 32.7 Å². The molecule has 0 aliphatic carbocycles. The van der Waals surface area contributed by atoms with Crippen LogP contribution in [0.15, 0.2) is 186 Å².